The van der Waals surface area contributed by atoms with Gasteiger partial charge in [-0.25, -0.2) is 4.98 Å². The van der Waals surface area contributed by atoms with Gasteiger partial charge in [0.05, 0.1) is 12.3 Å². The minimum absolute atomic E-state index is 0.534. The van der Waals surface area contributed by atoms with Gasteiger partial charge in [0, 0.05) is 12.1 Å². The van der Waals surface area contributed by atoms with Crippen molar-refractivity contribution in [3.63, 3.8) is 0 Å². The van der Waals surface area contributed by atoms with Crippen molar-refractivity contribution < 1.29 is 4.74 Å². The van der Waals surface area contributed by atoms with Crippen molar-refractivity contribution >= 4 is 0 Å². The molecule has 1 aliphatic carbocycles. The molecule has 0 unspecified atom stereocenters. The van der Waals surface area contributed by atoms with E-state index in [1.54, 1.807) is 6.20 Å². The van der Waals surface area contributed by atoms with Crippen molar-refractivity contribution in [2.45, 2.75) is 46.0 Å². The fourth-order valence-corrected chi connectivity index (χ4v) is 1.22. The first kappa shape index (κ1) is 12.0. The summed E-state index contributed by atoms with van der Waals surface area (Å²) in [6, 6.07) is 2.52. The molecule has 0 N–H and O–H groups in total. The van der Waals surface area contributed by atoms with Gasteiger partial charge in [0.25, 0.3) is 0 Å². The Morgan fingerprint density at radius 1 is 1.40 bits per heavy atom. The fourth-order valence-electron chi connectivity index (χ4n) is 1.22. The average molecular weight is 208 g/mol. The van der Waals surface area contributed by atoms with Gasteiger partial charge >= 0.3 is 6.01 Å². The molecule has 0 bridgehead atoms. The number of hydrogen-bond donors (Lipinski definition) is 0. The molecule has 3 heteroatoms. The van der Waals surface area contributed by atoms with Gasteiger partial charge in [-0.15, -0.1) is 0 Å². The molecule has 84 valence electrons. The monoisotopic (exact) mass is 208 g/mol. The van der Waals surface area contributed by atoms with Crippen molar-refractivity contribution in [2.75, 3.05) is 6.61 Å². The molecular formula is C12H20N2O. The molecule has 1 aliphatic rings. The molecule has 2 rings (SSSR count). The Morgan fingerprint density at radius 3 is 2.73 bits per heavy atom. The van der Waals surface area contributed by atoms with E-state index in [1.165, 1.54) is 12.8 Å². The number of nitrogens with zero attached hydrogens (tertiary/aromatic N) is 2. The van der Waals surface area contributed by atoms with Crippen molar-refractivity contribution in [3.05, 3.63) is 18.0 Å². The third-order valence-electron chi connectivity index (χ3n) is 2.09. The highest BCUT2D eigenvalue weighted by molar-refractivity contribution is 5.15. The van der Waals surface area contributed by atoms with E-state index in [2.05, 4.69) is 16.9 Å². The normalized spacial score (nSPS) is 14.1. The number of ether oxygens (including phenoxy) is 1. The molecule has 3 nitrogen and oxygen atoms in total. The van der Waals surface area contributed by atoms with Crippen molar-refractivity contribution in [2.24, 2.45) is 0 Å². The highest BCUT2D eigenvalue weighted by atomic mass is 16.5. The van der Waals surface area contributed by atoms with Crippen LogP contribution in [0.2, 0.25) is 0 Å². The van der Waals surface area contributed by atoms with Gasteiger partial charge in [0.1, 0.15) is 0 Å². The van der Waals surface area contributed by atoms with Crippen molar-refractivity contribution in [1.82, 2.24) is 9.97 Å². The Morgan fingerprint density at radius 2 is 2.13 bits per heavy atom. The number of aromatic nitrogens is 2. The predicted molar refractivity (Wildman–Crippen MR) is 61.1 cm³/mol. The molecule has 1 fully saturated rings. The summed E-state index contributed by atoms with van der Waals surface area (Å²) < 4.78 is 5.35. The van der Waals surface area contributed by atoms with Crippen molar-refractivity contribution in [3.8, 4) is 6.01 Å². The van der Waals surface area contributed by atoms with E-state index >= 15 is 0 Å². The van der Waals surface area contributed by atoms with Crippen LogP contribution in [0.25, 0.3) is 0 Å². The first-order valence-electron chi connectivity index (χ1n) is 5.86. The minimum atomic E-state index is 0.534. The smallest absolute Gasteiger partial charge is 0.316 e. The maximum Gasteiger partial charge on any atom is 0.316 e. The van der Waals surface area contributed by atoms with E-state index in [9.17, 15) is 0 Å². The second-order valence-corrected chi connectivity index (χ2v) is 3.39. The summed E-state index contributed by atoms with van der Waals surface area (Å²) in [5.74, 6) is 0.673. The lowest BCUT2D eigenvalue weighted by atomic mass is 10.3. The standard InChI is InChI=1S/C10H14N2O.C2H6/c1-2-7-13-10-11-6-5-9(12-10)8-3-4-8;1-2/h5-6,8H,2-4,7H2,1H3;1-2H3. The van der Waals surface area contributed by atoms with Gasteiger partial charge < -0.3 is 4.74 Å². The first-order valence-corrected chi connectivity index (χ1v) is 5.86. The van der Waals surface area contributed by atoms with Gasteiger partial charge in [-0.05, 0) is 25.3 Å². The lowest BCUT2D eigenvalue weighted by Crippen LogP contribution is -2.00. The van der Waals surface area contributed by atoms with Crippen LogP contribution in [0, 0.1) is 0 Å². The van der Waals surface area contributed by atoms with Crippen LogP contribution in [-0.4, -0.2) is 16.6 Å². The van der Waals surface area contributed by atoms with Gasteiger partial charge in [-0.2, -0.15) is 4.98 Å². The van der Waals surface area contributed by atoms with Crippen LogP contribution < -0.4 is 4.74 Å². The predicted octanol–water partition coefficient (Wildman–Crippen LogP) is 3.17. The van der Waals surface area contributed by atoms with Crippen LogP contribution >= 0.6 is 0 Å². The maximum atomic E-state index is 5.35. The lowest BCUT2D eigenvalue weighted by molar-refractivity contribution is 0.291. The van der Waals surface area contributed by atoms with Crippen LogP contribution in [0.3, 0.4) is 0 Å². The molecule has 1 heterocycles. The molecule has 1 aromatic rings. The van der Waals surface area contributed by atoms with Gasteiger partial charge in [-0.1, -0.05) is 20.8 Å². The van der Waals surface area contributed by atoms with Gasteiger partial charge in [-0.3, -0.25) is 0 Å². The fraction of sp³-hybridized carbons (Fsp3) is 0.667. The van der Waals surface area contributed by atoms with E-state index in [0.717, 1.165) is 12.1 Å². The molecule has 0 radical (unpaired) electrons. The summed E-state index contributed by atoms with van der Waals surface area (Å²) in [5, 5.41) is 0. The number of rotatable bonds is 4. The average Bonchev–Trinajstić information content (AvgIpc) is 3.13. The zero-order valence-corrected chi connectivity index (χ0v) is 9.86. The highest BCUT2D eigenvalue weighted by Gasteiger charge is 2.25. The van der Waals surface area contributed by atoms with Gasteiger partial charge in [0.2, 0.25) is 0 Å². The SMILES string of the molecule is CC.CCCOc1nccc(C2CC2)n1. The first-order chi connectivity index (χ1) is 7.40. The molecule has 0 aromatic carbocycles. The van der Waals surface area contributed by atoms with Crippen LogP contribution in [0.1, 0.15) is 51.6 Å². The summed E-state index contributed by atoms with van der Waals surface area (Å²) >= 11 is 0. The van der Waals surface area contributed by atoms with Crippen LogP contribution in [-0.2, 0) is 0 Å². The van der Waals surface area contributed by atoms with E-state index < -0.39 is 0 Å². The molecule has 0 atom stereocenters. The number of hydrogen-bond acceptors (Lipinski definition) is 3. The van der Waals surface area contributed by atoms with Crippen LogP contribution in [0.15, 0.2) is 12.3 Å². The second kappa shape index (κ2) is 6.38. The Bertz CT molecular complexity index is 285. The summed E-state index contributed by atoms with van der Waals surface area (Å²) in [4.78, 5) is 8.39. The lowest BCUT2D eigenvalue weighted by Gasteiger charge is -2.03. The Hall–Kier alpha value is -1.12. The topological polar surface area (TPSA) is 35.0 Å². The van der Waals surface area contributed by atoms with Gasteiger partial charge in [0.15, 0.2) is 0 Å². The second-order valence-electron chi connectivity index (χ2n) is 3.39. The van der Waals surface area contributed by atoms with Crippen molar-refractivity contribution in [1.29, 1.82) is 0 Å². The summed E-state index contributed by atoms with van der Waals surface area (Å²) in [6.07, 6.45) is 5.32. The zero-order valence-electron chi connectivity index (χ0n) is 9.86. The maximum absolute atomic E-state index is 5.35. The highest BCUT2D eigenvalue weighted by Crippen LogP contribution is 2.38. The van der Waals surface area contributed by atoms with E-state index in [-0.39, 0.29) is 0 Å². The molecule has 1 aromatic heterocycles. The van der Waals surface area contributed by atoms with E-state index in [1.807, 2.05) is 19.9 Å². The molecule has 0 spiro atoms. The Kier molecular flexibility index (Phi) is 5.08. The van der Waals surface area contributed by atoms with E-state index in [0.29, 0.717) is 18.5 Å². The third kappa shape index (κ3) is 3.86. The minimum Gasteiger partial charge on any atom is -0.463 e. The quantitative estimate of drug-likeness (QED) is 0.762. The molecule has 1 saturated carbocycles. The summed E-state index contributed by atoms with van der Waals surface area (Å²) in [6.45, 7) is 6.78. The van der Waals surface area contributed by atoms with Crippen LogP contribution in [0.4, 0.5) is 0 Å². The molecule has 0 amide bonds. The Labute approximate surface area is 91.9 Å². The third-order valence-corrected chi connectivity index (χ3v) is 2.09. The molecule has 0 aliphatic heterocycles. The van der Waals surface area contributed by atoms with Crippen LogP contribution in [0.5, 0.6) is 6.01 Å². The van der Waals surface area contributed by atoms with E-state index in [4.69, 9.17) is 4.74 Å². The molecule has 0 saturated heterocycles. The summed E-state index contributed by atoms with van der Waals surface area (Å²) in [7, 11) is 0. The summed E-state index contributed by atoms with van der Waals surface area (Å²) in [5.41, 5.74) is 1.14. The molecular weight excluding hydrogens is 188 g/mol. The largest absolute Gasteiger partial charge is 0.463 e. The zero-order chi connectivity index (χ0) is 11.1. The molecule has 15 heavy (non-hydrogen) atoms. The Balaban J connectivity index is 0.000000531.